The molecule has 2 rings (SSSR count). The number of carbonyl (C=O) groups excluding carboxylic acids is 1. The lowest BCUT2D eigenvalue weighted by Gasteiger charge is -2.19. The minimum absolute atomic E-state index is 0.170. The van der Waals surface area contributed by atoms with Gasteiger partial charge < -0.3 is 24.8 Å². The van der Waals surface area contributed by atoms with Crippen molar-refractivity contribution in [3.63, 3.8) is 0 Å². The van der Waals surface area contributed by atoms with Crippen LogP contribution in [0.5, 0.6) is 11.5 Å². The number of rotatable bonds is 6. The van der Waals surface area contributed by atoms with E-state index in [2.05, 4.69) is 38.5 Å². The highest BCUT2D eigenvalue weighted by atomic mass is 16.6. The predicted molar refractivity (Wildman–Crippen MR) is 116 cm³/mol. The lowest BCUT2D eigenvalue weighted by atomic mass is 10.2. The molecular formula is C23H26N4O4. The summed E-state index contributed by atoms with van der Waals surface area (Å²) in [5, 5.41) is 5.63. The molecule has 0 aliphatic heterocycles. The molecule has 0 saturated carbocycles. The molecule has 0 fully saturated rings. The SMILES string of the molecule is C#Cc1cnc(CNC#Cc2cnc(CNC(=O)OC(C)(C)C)c(OC)c2)c(OC)c1. The quantitative estimate of drug-likeness (QED) is 0.546. The molecule has 0 aliphatic carbocycles. The first-order valence-electron chi connectivity index (χ1n) is 9.49. The number of nitrogens with zero attached hydrogens (tertiary/aromatic N) is 2. The lowest BCUT2D eigenvalue weighted by molar-refractivity contribution is 0.0522. The number of nitrogens with one attached hydrogen (secondary N) is 2. The van der Waals surface area contributed by atoms with Gasteiger partial charge in [0, 0.05) is 29.6 Å². The van der Waals surface area contributed by atoms with Gasteiger partial charge in [-0.3, -0.25) is 9.97 Å². The highest BCUT2D eigenvalue weighted by Crippen LogP contribution is 2.18. The summed E-state index contributed by atoms with van der Waals surface area (Å²) in [4.78, 5) is 20.4. The van der Waals surface area contributed by atoms with E-state index in [4.69, 9.17) is 20.6 Å². The first kappa shape index (κ1) is 23.4. The number of ether oxygens (including phenoxy) is 3. The fourth-order valence-electron chi connectivity index (χ4n) is 2.43. The monoisotopic (exact) mass is 422 g/mol. The van der Waals surface area contributed by atoms with Gasteiger partial charge in [-0.1, -0.05) is 5.92 Å². The molecule has 0 aliphatic rings. The summed E-state index contributed by atoms with van der Waals surface area (Å²) >= 11 is 0. The van der Waals surface area contributed by atoms with Crippen molar-refractivity contribution in [1.82, 2.24) is 20.6 Å². The van der Waals surface area contributed by atoms with Gasteiger partial charge in [0.2, 0.25) is 0 Å². The van der Waals surface area contributed by atoms with E-state index in [1.165, 1.54) is 7.11 Å². The number of carbonyl (C=O) groups is 1. The number of amides is 1. The third kappa shape index (κ3) is 7.45. The molecule has 2 heterocycles. The Morgan fingerprint density at radius 3 is 2.19 bits per heavy atom. The van der Waals surface area contributed by atoms with E-state index in [1.54, 1.807) is 52.4 Å². The Bertz CT molecular complexity index is 1030. The second-order valence-corrected chi connectivity index (χ2v) is 7.35. The van der Waals surface area contributed by atoms with Gasteiger partial charge in [0.05, 0.1) is 27.3 Å². The van der Waals surface area contributed by atoms with E-state index < -0.39 is 11.7 Å². The van der Waals surface area contributed by atoms with E-state index >= 15 is 0 Å². The van der Waals surface area contributed by atoms with Gasteiger partial charge in [-0.2, -0.15) is 0 Å². The molecule has 8 nitrogen and oxygen atoms in total. The summed E-state index contributed by atoms with van der Waals surface area (Å²) in [6.45, 7) is 5.94. The van der Waals surface area contributed by atoms with Crippen molar-refractivity contribution < 1.29 is 19.0 Å². The number of alkyl carbamates (subject to hydrolysis) is 1. The topological polar surface area (TPSA) is 94.6 Å². The number of pyridine rings is 2. The van der Waals surface area contributed by atoms with Crippen molar-refractivity contribution in [2.45, 2.75) is 39.5 Å². The van der Waals surface area contributed by atoms with Crippen LogP contribution in [0.4, 0.5) is 4.79 Å². The molecule has 0 bridgehead atoms. The van der Waals surface area contributed by atoms with Crippen molar-refractivity contribution in [3.05, 3.63) is 47.0 Å². The third-order valence-electron chi connectivity index (χ3n) is 3.82. The van der Waals surface area contributed by atoms with Crippen molar-refractivity contribution in [3.8, 4) is 35.8 Å². The molecule has 2 N–H and O–H groups in total. The van der Waals surface area contributed by atoms with Crippen molar-refractivity contribution in [2.75, 3.05) is 14.2 Å². The molecule has 2 aromatic rings. The molecule has 8 heteroatoms. The summed E-state index contributed by atoms with van der Waals surface area (Å²) in [7, 11) is 3.09. The molecule has 0 saturated heterocycles. The smallest absolute Gasteiger partial charge is 0.407 e. The summed E-state index contributed by atoms with van der Waals surface area (Å²) in [6.07, 6.45) is 8.05. The van der Waals surface area contributed by atoms with Crippen LogP contribution in [-0.4, -0.2) is 35.9 Å². The minimum atomic E-state index is -0.572. The van der Waals surface area contributed by atoms with E-state index in [1.807, 2.05) is 0 Å². The average molecular weight is 422 g/mol. The number of methoxy groups -OCH3 is 2. The van der Waals surface area contributed by atoms with Gasteiger partial charge in [0.1, 0.15) is 28.5 Å². The van der Waals surface area contributed by atoms with Crippen LogP contribution in [0.1, 0.15) is 43.3 Å². The summed E-state index contributed by atoms with van der Waals surface area (Å²) < 4.78 is 15.9. The Balaban J connectivity index is 1.99. The highest BCUT2D eigenvalue weighted by molar-refractivity contribution is 5.67. The highest BCUT2D eigenvalue weighted by Gasteiger charge is 2.16. The maximum atomic E-state index is 11.8. The zero-order valence-electron chi connectivity index (χ0n) is 18.3. The first-order valence-corrected chi connectivity index (χ1v) is 9.49. The van der Waals surface area contributed by atoms with Crippen LogP contribution in [0.25, 0.3) is 0 Å². The summed E-state index contributed by atoms with van der Waals surface area (Å²) in [5.74, 6) is 6.58. The van der Waals surface area contributed by atoms with Crippen molar-refractivity contribution in [1.29, 1.82) is 0 Å². The molecule has 0 radical (unpaired) electrons. The second kappa shape index (κ2) is 10.7. The zero-order chi connectivity index (χ0) is 22.9. The molecule has 0 atom stereocenters. The van der Waals surface area contributed by atoms with Crippen LogP contribution < -0.4 is 20.1 Å². The summed E-state index contributed by atoms with van der Waals surface area (Å²) in [5.41, 5.74) is 1.97. The number of terminal acetylenes is 1. The van der Waals surface area contributed by atoms with Gasteiger partial charge in [-0.05, 0) is 38.8 Å². The molecule has 0 unspecified atom stereocenters. The Hall–Kier alpha value is -3.91. The maximum Gasteiger partial charge on any atom is 0.407 e. The Labute approximate surface area is 182 Å². The van der Waals surface area contributed by atoms with Gasteiger partial charge in [0.15, 0.2) is 0 Å². The second-order valence-electron chi connectivity index (χ2n) is 7.35. The standard InChI is InChI=1S/C23H26N4O4/c1-7-16-10-20(29-5)18(25-12-16)14-24-9-8-17-11-21(30-6)19(26-13-17)15-27-22(28)31-23(2,3)4/h1,10-13,24H,14-15H2,2-6H3,(H,27,28). The zero-order valence-corrected chi connectivity index (χ0v) is 18.3. The van der Waals surface area contributed by atoms with E-state index in [9.17, 15) is 4.79 Å². The Morgan fingerprint density at radius 1 is 1.03 bits per heavy atom. The third-order valence-corrected chi connectivity index (χ3v) is 3.82. The summed E-state index contributed by atoms with van der Waals surface area (Å²) in [6, 6.07) is 6.35. The Morgan fingerprint density at radius 2 is 1.61 bits per heavy atom. The number of aromatic nitrogens is 2. The molecule has 1 amide bonds. The molecule has 162 valence electrons. The maximum absolute atomic E-state index is 11.8. The van der Waals surface area contributed by atoms with Gasteiger partial charge in [-0.15, -0.1) is 6.42 Å². The van der Waals surface area contributed by atoms with E-state index in [0.29, 0.717) is 40.6 Å². The van der Waals surface area contributed by atoms with Crippen LogP contribution in [0, 0.1) is 24.3 Å². The van der Waals surface area contributed by atoms with Crippen LogP contribution in [0.15, 0.2) is 24.5 Å². The van der Waals surface area contributed by atoms with Gasteiger partial charge >= 0.3 is 6.09 Å². The van der Waals surface area contributed by atoms with E-state index in [0.717, 1.165) is 0 Å². The Kier molecular flexibility index (Phi) is 8.10. The van der Waals surface area contributed by atoms with E-state index in [-0.39, 0.29) is 6.54 Å². The molecular weight excluding hydrogens is 396 g/mol. The van der Waals surface area contributed by atoms with Gasteiger partial charge in [0.25, 0.3) is 0 Å². The minimum Gasteiger partial charge on any atom is -0.495 e. The normalized spacial score (nSPS) is 10.2. The molecule has 31 heavy (non-hydrogen) atoms. The fraction of sp³-hybridized carbons (Fsp3) is 0.348. The molecule has 2 aromatic heterocycles. The van der Waals surface area contributed by atoms with Crippen LogP contribution in [-0.2, 0) is 17.8 Å². The van der Waals surface area contributed by atoms with Crippen molar-refractivity contribution >= 4 is 6.09 Å². The number of hydrogen-bond donors (Lipinski definition) is 2. The molecule has 0 spiro atoms. The number of hydrogen-bond acceptors (Lipinski definition) is 7. The first-order chi connectivity index (χ1) is 14.8. The average Bonchev–Trinajstić information content (AvgIpc) is 2.74. The fourth-order valence-corrected chi connectivity index (χ4v) is 2.43. The van der Waals surface area contributed by atoms with Crippen LogP contribution >= 0.6 is 0 Å². The van der Waals surface area contributed by atoms with Gasteiger partial charge in [-0.25, -0.2) is 4.79 Å². The lowest BCUT2D eigenvalue weighted by Crippen LogP contribution is -2.32. The van der Waals surface area contributed by atoms with Crippen LogP contribution in [0.2, 0.25) is 0 Å². The largest absolute Gasteiger partial charge is 0.495 e. The van der Waals surface area contributed by atoms with Crippen molar-refractivity contribution in [2.24, 2.45) is 0 Å². The molecule has 0 aromatic carbocycles. The predicted octanol–water partition coefficient (Wildman–Crippen LogP) is 2.60. The van der Waals surface area contributed by atoms with Crippen LogP contribution in [0.3, 0.4) is 0 Å².